The topological polar surface area (TPSA) is 73.3 Å². The Morgan fingerprint density at radius 1 is 1.22 bits per heavy atom. The lowest BCUT2D eigenvalue weighted by molar-refractivity contribution is -0.138. The molecule has 150 valence electrons. The van der Waals surface area contributed by atoms with Gasteiger partial charge in [0, 0.05) is 25.7 Å². The molecular formula is C19H28ClN3O4. The molecule has 0 aromatic heterocycles. The molecule has 1 atom stereocenters. The molecule has 0 saturated carbocycles. The van der Waals surface area contributed by atoms with Crippen molar-refractivity contribution < 1.29 is 19.4 Å². The highest BCUT2D eigenvalue weighted by Gasteiger charge is 2.39. The van der Waals surface area contributed by atoms with Crippen LogP contribution in [0.4, 0.5) is 5.69 Å². The van der Waals surface area contributed by atoms with Gasteiger partial charge in [0.15, 0.2) is 0 Å². The molecule has 0 spiro atoms. The summed E-state index contributed by atoms with van der Waals surface area (Å²) in [6.45, 7) is 2.41. The molecule has 2 heterocycles. The van der Waals surface area contributed by atoms with Crippen LogP contribution in [0.1, 0.15) is 19.3 Å². The number of nitrogens with zero attached hydrogens (tertiary/aromatic N) is 3. The average Bonchev–Trinajstić information content (AvgIpc) is 3.02. The molecule has 1 unspecified atom stereocenters. The molecule has 1 amide bonds. The predicted molar refractivity (Wildman–Crippen MR) is 106 cm³/mol. The van der Waals surface area contributed by atoms with E-state index in [1.54, 1.807) is 7.11 Å². The Morgan fingerprint density at radius 3 is 2.52 bits per heavy atom. The van der Waals surface area contributed by atoms with Crippen LogP contribution in [0.2, 0.25) is 0 Å². The van der Waals surface area contributed by atoms with Crippen LogP contribution in [0.15, 0.2) is 24.3 Å². The standard InChI is InChI=1S/C19H27N3O4.ClH/c1-20(13-18(23)24)14-7-10-21(11-8-14)16-9-12-22(19(16)25)15-5-3-4-6-17(15)26-2;/h3-6,14,16H,7-13H2,1-2H3,(H,23,24);1H. The van der Waals surface area contributed by atoms with E-state index in [9.17, 15) is 9.59 Å². The lowest BCUT2D eigenvalue weighted by atomic mass is 10.0. The first-order valence-corrected chi connectivity index (χ1v) is 9.11. The van der Waals surface area contributed by atoms with Gasteiger partial charge in [0.2, 0.25) is 5.91 Å². The van der Waals surface area contributed by atoms with Gasteiger partial charge in [0.05, 0.1) is 25.4 Å². The number of carbonyl (C=O) groups is 2. The minimum atomic E-state index is -0.798. The maximum atomic E-state index is 13.0. The molecule has 8 heteroatoms. The molecule has 27 heavy (non-hydrogen) atoms. The van der Waals surface area contributed by atoms with E-state index < -0.39 is 5.97 Å². The van der Waals surface area contributed by atoms with E-state index in [4.69, 9.17) is 9.84 Å². The Labute approximate surface area is 166 Å². The number of carboxylic acid groups (broad SMARTS) is 1. The second-order valence-electron chi connectivity index (χ2n) is 7.04. The number of amides is 1. The molecule has 1 aromatic carbocycles. The lowest BCUT2D eigenvalue weighted by Gasteiger charge is -2.38. The molecular weight excluding hydrogens is 370 g/mol. The first kappa shape index (κ1) is 21.5. The van der Waals surface area contributed by atoms with Crippen molar-refractivity contribution in [1.82, 2.24) is 9.80 Å². The number of hydrogen-bond acceptors (Lipinski definition) is 5. The van der Waals surface area contributed by atoms with Crippen LogP contribution in [-0.2, 0) is 9.59 Å². The van der Waals surface area contributed by atoms with Crippen LogP contribution in [0.3, 0.4) is 0 Å². The van der Waals surface area contributed by atoms with Crippen LogP contribution in [0, 0.1) is 0 Å². The first-order chi connectivity index (χ1) is 12.5. The van der Waals surface area contributed by atoms with Gasteiger partial charge in [-0.2, -0.15) is 0 Å². The summed E-state index contributed by atoms with van der Waals surface area (Å²) >= 11 is 0. The highest BCUT2D eigenvalue weighted by Crippen LogP contribution is 2.33. The average molecular weight is 398 g/mol. The summed E-state index contributed by atoms with van der Waals surface area (Å²) in [6.07, 6.45) is 2.59. The van der Waals surface area contributed by atoms with Gasteiger partial charge in [-0.25, -0.2) is 0 Å². The normalized spacial score (nSPS) is 21.4. The SMILES string of the molecule is COc1ccccc1N1CCC(N2CCC(N(C)CC(=O)O)CC2)C1=O.Cl. The maximum Gasteiger partial charge on any atom is 0.317 e. The summed E-state index contributed by atoms with van der Waals surface area (Å²) in [5, 5.41) is 8.94. The van der Waals surface area contributed by atoms with Crippen LogP contribution in [-0.4, -0.2) is 79.2 Å². The van der Waals surface area contributed by atoms with E-state index in [1.807, 2.05) is 41.1 Å². The molecule has 1 aromatic rings. The molecule has 0 bridgehead atoms. The van der Waals surface area contributed by atoms with Crippen LogP contribution in [0.5, 0.6) is 5.75 Å². The molecule has 2 aliphatic rings. The second-order valence-corrected chi connectivity index (χ2v) is 7.04. The summed E-state index contributed by atoms with van der Waals surface area (Å²) in [6, 6.07) is 7.79. The van der Waals surface area contributed by atoms with Gasteiger partial charge < -0.3 is 14.7 Å². The minimum Gasteiger partial charge on any atom is -0.495 e. The number of piperidine rings is 1. The largest absolute Gasteiger partial charge is 0.495 e. The van der Waals surface area contributed by atoms with Crippen molar-refractivity contribution >= 4 is 30.0 Å². The van der Waals surface area contributed by atoms with Crippen LogP contribution >= 0.6 is 12.4 Å². The zero-order chi connectivity index (χ0) is 18.7. The van der Waals surface area contributed by atoms with Crippen molar-refractivity contribution in [1.29, 1.82) is 0 Å². The molecule has 2 fully saturated rings. The number of likely N-dealkylation sites (tertiary alicyclic amines) is 1. The lowest BCUT2D eigenvalue weighted by Crippen LogP contribution is -2.50. The molecule has 0 radical (unpaired) electrons. The van der Waals surface area contributed by atoms with E-state index in [2.05, 4.69) is 4.90 Å². The van der Waals surface area contributed by atoms with Crippen LogP contribution in [0.25, 0.3) is 0 Å². The predicted octanol–water partition coefficient (Wildman–Crippen LogP) is 1.70. The van der Waals surface area contributed by atoms with Crippen molar-refractivity contribution in [3.05, 3.63) is 24.3 Å². The number of rotatable bonds is 6. The smallest absolute Gasteiger partial charge is 0.317 e. The molecule has 0 aliphatic carbocycles. The minimum absolute atomic E-state index is 0. The Balaban J connectivity index is 0.00000261. The molecule has 1 N–H and O–H groups in total. The Bertz CT molecular complexity index is 664. The van der Waals surface area contributed by atoms with Gasteiger partial charge >= 0.3 is 5.97 Å². The van der Waals surface area contributed by atoms with Crippen molar-refractivity contribution in [2.24, 2.45) is 0 Å². The number of likely N-dealkylation sites (N-methyl/N-ethyl adjacent to an activating group) is 1. The van der Waals surface area contributed by atoms with E-state index >= 15 is 0 Å². The van der Waals surface area contributed by atoms with E-state index in [0.717, 1.165) is 43.8 Å². The van der Waals surface area contributed by atoms with Gasteiger partial charge in [0.1, 0.15) is 5.75 Å². The fraction of sp³-hybridized carbons (Fsp3) is 0.579. The number of benzene rings is 1. The quantitative estimate of drug-likeness (QED) is 0.787. The fourth-order valence-electron chi connectivity index (χ4n) is 4.08. The number of anilines is 1. The van der Waals surface area contributed by atoms with Gasteiger partial charge in [-0.3, -0.25) is 19.4 Å². The maximum absolute atomic E-state index is 13.0. The van der Waals surface area contributed by atoms with E-state index in [-0.39, 0.29) is 36.9 Å². The number of carboxylic acids is 1. The Morgan fingerprint density at radius 2 is 1.89 bits per heavy atom. The highest BCUT2D eigenvalue weighted by atomic mass is 35.5. The van der Waals surface area contributed by atoms with E-state index in [0.29, 0.717) is 6.54 Å². The summed E-state index contributed by atoms with van der Waals surface area (Å²) in [4.78, 5) is 29.8. The van der Waals surface area contributed by atoms with Gasteiger partial charge in [-0.05, 0) is 38.4 Å². The Hall–Kier alpha value is -1.83. The summed E-state index contributed by atoms with van der Waals surface area (Å²) in [7, 11) is 3.48. The molecule has 3 rings (SSSR count). The third-order valence-electron chi connectivity index (χ3n) is 5.50. The Kier molecular flexibility index (Phi) is 7.47. The third kappa shape index (κ3) is 4.72. The van der Waals surface area contributed by atoms with Crippen molar-refractivity contribution in [3.63, 3.8) is 0 Å². The number of para-hydroxylation sites is 2. The number of aliphatic carboxylic acids is 1. The number of hydrogen-bond donors (Lipinski definition) is 1. The first-order valence-electron chi connectivity index (χ1n) is 9.11. The molecule has 2 aliphatic heterocycles. The zero-order valence-corrected chi connectivity index (χ0v) is 16.7. The third-order valence-corrected chi connectivity index (χ3v) is 5.50. The van der Waals surface area contributed by atoms with Crippen molar-refractivity contribution in [2.75, 3.05) is 45.2 Å². The molecule has 7 nitrogen and oxygen atoms in total. The highest BCUT2D eigenvalue weighted by molar-refractivity contribution is 6.00. The van der Waals surface area contributed by atoms with Gasteiger partial charge in [-0.1, -0.05) is 12.1 Å². The van der Waals surface area contributed by atoms with Crippen molar-refractivity contribution in [2.45, 2.75) is 31.3 Å². The molecule has 2 saturated heterocycles. The second kappa shape index (κ2) is 9.39. The monoisotopic (exact) mass is 397 g/mol. The van der Waals surface area contributed by atoms with Crippen LogP contribution < -0.4 is 9.64 Å². The van der Waals surface area contributed by atoms with Gasteiger partial charge in [-0.15, -0.1) is 12.4 Å². The number of halogens is 1. The number of ether oxygens (including phenoxy) is 1. The fourth-order valence-corrected chi connectivity index (χ4v) is 4.08. The van der Waals surface area contributed by atoms with Crippen molar-refractivity contribution in [3.8, 4) is 5.75 Å². The zero-order valence-electron chi connectivity index (χ0n) is 15.8. The van der Waals surface area contributed by atoms with Gasteiger partial charge in [0.25, 0.3) is 0 Å². The summed E-state index contributed by atoms with van der Waals surface area (Å²) in [5.74, 6) is 0.0516. The number of carbonyl (C=O) groups excluding carboxylic acids is 1. The summed E-state index contributed by atoms with van der Waals surface area (Å²) in [5.41, 5.74) is 0.832. The number of methoxy groups -OCH3 is 1. The van der Waals surface area contributed by atoms with E-state index in [1.165, 1.54) is 0 Å². The summed E-state index contributed by atoms with van der Waals surface area (Å²) < 4.78 is 5.40.